The number of amides is 1. The molecule has 8 heteroatoms. The van der Waals surface area contributed by atoms with Crippen molar-refractivity contribution in [1.82, 2.24) is 19.9 Å². The summed E-state index contributed by atoms with van der Waals surface area (Å²) in [7, 11) is 1.52. The van der Waals surface area contributed by atoms with Crippen LogP contribution in [0.2, 0.25) is 5.02 Å². The molecule has 6 nitrogen and oxygen atoms in total. The van der Waals surface area contributed by atoms with Gasteiger partial charge >= 0.3 is 0 Å². The third-order valence-corrected chi connectivity index (χ3v) is 4.48. The van der Waals surface area contributed by atoms with Crippen molar-refractivity contribution in [2.24, 2.45) is 0 Å². The number of fused-ring (bicyclic) bond motifs is 1. The monoisotopic (exact) mass is 350 g/mol. The van der Waals surface area contributed by atoms with E-state index in [0.717, 1.165) is 21.4 Å². The number of carbonyl (C=O) groups excluding carboxylic acids is 1. The Labute approximate surface area is 142 Å². The Kier molecular flexibility index (Phi) is 4.23. The maximum atomic E-state index is 12.4. The normalized spacial score (nSPS) is 11.0. The number of nitrogens with zero attached hydrogens (tertiary/aromatic N) is 3. The van der Waals surface area contributed by atoms with E-state index in [9.17, 15) is 4.79 Å². The van der Waals surface area contributed by atoms with Crippen LogP contribution in [-0.4, -0.2) is 27.6 Å². The summed E-state index contributed by atoms with van der Waals surface area (Å²) in [5, 5.41) is 8.69. The number of methoxy groups -OCH3 is 1. The van der Waals surface area contributed by atoms with Gasteiger partial charge in [0.15, 0.2) is 0 Å². The first-order valence-corrected chi connectivity index (χ1v) is 8.12. The summed E-state index contributed by atoms with van der Waals surface area (Å²) >= 11 is 7.48. The topological polar surface area (TPSA) is 68.5 Å². The van der Waals surface area contributed by atoms with Crippen LogP contribution in [0.15, 0.2) is 18.2 Å². The second kappa shape index (κ2) is 6.17. The summed E-state index contributed by atoms with van der Waals surface area (Å²) in [4.78, 5) is 17.7. The summed E-state index contributed by atoms with van der Waals surface area (Å²) in [6.07, 6.45) is 0. The van der Waals surface area contributed by atoms with E-state index in [-0.39, 0.29) is 5.91 Å². The Hall–Kier alpha value is -2.12. The highest BCUT2D eigenvalue weighted by Crippen LogP contribution is 2.23. The van der Waals surface area contributed by atoms with Gasteiger partial charge in [0.25, 0.3) is 5.91 Å². The molecule has 1 amide bonds. The average molecular weight is 351 g/mol. The number of ether oxygens (including phenoxy) is 1. The van der Waals surface area contributed by atoms with E-state index < -0.39 is 0 Å². The number of hydrogen-bond acceptors (Lipinski definition) is 5. The van der Waals surface area contributed by atoms with Gasteiger partial charge in [-0.3, -0.25) is 4.79 Å². The number of halogens is 1. The molecular formula is C15H15ClN4O2S. The molecule has 0 bridgehead atoms. The standard InChI is InChI=1S/C15H15ClN4O2S/c1-8-12(20-15(18-8)23-9(2)19-20)7-17-14(21)11-6-10(16)4-5-13(11)22-3/h4-6H,7H2,1-3H3,(H,17,21). The number of aryl methyl sites for hydroxylation is 2. The molecule has 0 aliphatic heterocycles. The highest BCUT2D eigenvalue weighted by Gasteiger charge is 2.16. The number of carbonyl (C=O) groups is 1. The Morgan fingerprint density at radius 1 is 1.43 bits per heavy atom. The van der Waals surface area contributed by atoms with Crippen molar-refractivity contribution in [1.29, 1.82) is 0 Å². The van der Waals surface area contributed by atoms with Crippen LogP contribution >= 0.6 is 22.9 Å². The molecule has 1 N–H and O–H groups in total. The van der Waals surface area contributed by atoms with Gasteiger partial charge in [0, 0.05) is 5.02 Å². The van der Waals surface area contributed by atoms with E-state index >= 15 is 0 Å². The van der Waals surface area contributed by atoms with E-state index in [4.69, 9.17) is 16.3 Å². The summed E-state index contributed by atoms with van der Waals surface area (Å²) in [5.41, 5.74) is 2.11. The van der Waals surface area contributed by atoms with Crippen molar-refractivity contribution < 1.29 is 9.53 Å². The lowest BCUT2D eigenvalue weighted by atomic mass is 10.2. The van der Waals surface area contributed by atoms with E-state index in [1.165, 1.54) is 18.4 Å². The van der Waals surface area contributed by atoms with Crippen LogP contribution in [0.25, 0.3) is 4.96 Å². The van der Waals surface area contributed by atoms with Crippen LogP contribution < -0.4 is 10.1 Å². The number of nitrogens with one attached hydrogen (secondary N) is 1. The van der Waals surface area contributed by atoms with E-state index in [2.05, 4.69) is 15.4 Å². The minimum absolute atomic E-state index is 0.259. The molecule has 0 saturated heterocycles. The van der Waals surface area contributed by atoms with Crippen LogP contribution in [0.1, 0.15) is 26.8 Å². The molecule has 120 valence electrons. The minimum atomic E-state index is -0.259. The number of benzene rings is 1. The molecule has 1 aromatic carbocycles. The van der Waals surface area contributed by atoms with E-state index in [1.54, 1.807) is 22.7 Å². The largest absolute Gasteiger partial charge is 0.496 e. The van der Waals surface area contributed by atoms with Gasteiger partial charge in [0.2, 0.25) is 4.96 Å². The summed E-state index contributed by atoms with van der Waals surface area (Å²) in [6, 6.07) is 4.94. The van der Waals surface area contributed by atoms with Gasteiger partial charge in [-0.15, -0.1) is 0 Å². The third kappa shape index (κ3) is 3.02. The molecule has 0 radical (unpaired) electrons. The van der Waals surface area contributed by atoms with Crippen molar-refractivity contribution in [2.45, 2.75) is 20.4 Å². The first-order valence-electron chi connectivity index (χ1n) is 6.93. The lowest BCUT2D eigenvalue weighted by Crippen LogP contribution is -2.24. The molecule has 0 saturated carbocycles. The van der Waals surface area contributed by atoms with Crippen molar-refractivity contribution in [3.8, 4) is 5.75 Å². The van der Waals surface area contributed by atoms with Crippen LogP contribution in [0.5, 0.6) is 5.75 Å². The lowest BCUT2D eigenvalue weighted by Gasteiger charge is -2.09. The molecule has 0 aliphatic carbocycles. The van der Waals surface area contributed by atoms with Crippen molar-refractivity contribution in [2.75, 3.05) is 7.11 Å². The smallest absolute Gasteiger partial charge is 0.255 e. The molecule has 23 heavy (non-hydrogen) atoms. The lowest BCUT2D eigenvalue weighted by molar-refractivity contribution is 0.0947. The fourth-order valence-electron chi connectivity index (χ4n) is 2.31. The third-order valence-electron chi connectivity index (χ3n) is 3.42. The van der Waals surface area contributed by atoms with Gasteiger partial charge < -0.3 is 10.1 Å². The second-order valence-electron chi connectivity index (χ2n) is 4.99. The number of rotatable bonds is 4. The molecule has 0 unspecified atom stereocenters. The van der Waals surface area contributed by atoms with Gasteiger partial charge in [-0.2, -0.15) is 5.10 Å². The van der Waals surface area contributed by atoms with Crippen LogP contribution in [0.3, 0.4) is 0 Å². The quantitative estimate of drug-likeness (QED) is 0.785. The summed E-state index contributed by atoms with van der Waals surface area (Å²) in [5.74, 6) is 0.220. The highest BCUT2D eigenvalue weighted by molar-refractivity contribution is 7.16. The maximum Gasteiger partial charge on any atom is 0.255 e. The zero-order valence-corrected chi connectivity index (χ0v) is 14.5. The van der Waals surface area contributed by atoms with Gasteiger partial charge in [0.1, 0.15) is 10.8 Å². The molecule has 0 aliphatic rings. The Balaban J connectivity index is 1.83. The predicted octanol–water partition coefficient (Wildman–Crippen LogP) is 3.00. The van der Waals surface area contributed by atoms with Crippen LogP contribution in [0, 0.1) is 13.8 Å². The maximum absolute atomic E-state index is 12.4. The molecule has 0 fully saturated rings. The van der Waals surface area contributed by atoms with Crippen LogP contribution in [-0.2, 0) is 6.54 Å². The molecular weight excluding hydrogens is 336 g/mol. The molecule has 3 aromatic rings. The first-order chi connectivity index (χ1) is 11.0. The summed E-state index contributed by atoms with van der Waals surface area (Å²) in [6.45, 7) is 4.15. The van der Waals surface area contributed by atoms with Crippen LogP contribution in [0.4, 0.5) is 0 Å². The Bertz CT molecular complexity index is 887. The predicted molar refractivity (Wildman–Crippen MR) is 89.5 cm³/mol. The number of hydrogen-bond donors (Lipinski definition) is 1. The van der Waals surface area contributed by atoms with E-state index in [0.29, 0.717) is 22.9 Å². The molecule has 2 heterocycles. The SMILES string of the molecule is COc1ccc(Cl)cc1C(=O)NCc1c(C)nc2sc(C)nn12. The Morgan fingerprint density at radius 2 is 2.22 bits per heavy atom. The molecule has 0 spiro atoms. The van der Waals surface area contributed by atoms with Crippen molar-refractivity contribution >= 4 is 33.8 Å². The van der Waals surface area contributed by atoms with Crippen molar-refractivity contribution in [3.05, 3.63) is 45.2 Å². The fraction of sp³-hybridized carbons (Fsp3) is 0.267. The highest BCUT2D eigenvalue weighted by atomic mass is 35.5. The van der Waals surface area contributed by atoms with Gasteiger partial charge in [-0.25, -0.2) is 9.50 Å². The zero-order chi connectivity index (χ0) is 16.6. The van der Waals surface area contributed by atoms with E-state index in [1.807, 2.05) is 13.8 Å². The zero-order valence-electron chi connectivity index (χ0n) is 12.9. The molecule has 3 rings (SSSR count). The second-order valence-corrected chi connectivity index (χ2v) is 6.58. The minimum Gasteiger partial charge on any atom is -0.496 e. The fourth-order valence-corrected chi connectivity index (χ4v) is 3.29. The number of imidazole rings is 1. The first kappa shape index (κ1) is 15.8. The van der Waals surface area contributed by atoms with Gasteiger partial charge in [0.05, 0.1) is 30.6 Å². The average Bonchev–Trinajstić information content (AvgIpc) is 3.00. The molecule has 2 aromatic heterocycles. The summed E-state index contributed by atoms with van der Waals surface area (Å²) < 4.78 is 6.98. The van der Waals surface area contributed by atoms with Gasteiger partial charge in [-0.05, 0) is 32.0 Å². The molecule has 0 atom stereocenters. The van der Waals surface area contributed by atoms with Crippen molar-refractivity contribution in [3.63, 3.8) is 0 Å². The number of aromatic nitrogens is 3. The van der Waals surface area contributed by atoms with Gasteiger partial charge in [-0.1, -0.05) is 22.9 Å². The Morgan fingerprint density at radius 3 is 2.96 bits per heavy atom.